The first-order valence-corrected chi connectivity index (χ1v) is 7.15. The average molecular weight is 253 g/mol. The summed E-state index contributed by atoms with van der Waals surface area (Å²) in [6, 6.07) is 0. The molecule has 0 bridgehead atoms. The van der Waals surface area contributed by atoms with Crippen molar-refractivity contribution in [3.05, 3.63) is 0 Å². The maximum Gasteiger partial charge on any atom is 0.193 e. The number of guanidine groups is 1. The van der Waals surface area contributed by atoms with E-state index in [4.69, 9.17) is 4.74 Å². The van der Waals surface area contributed by atoms with Gasteiger partial charge in [0.25, 0.3) is 0 Å². The van der Waals surface area contributed by atoms with Crippen molar-refractivity contribution in [2.24, 2.45) is 10.4 Å². The van der Waals surface area contributed by atoms with Gasteiger partial charge in [0.1, 0.15) is 0 Å². The van der Waals surface area contributed by atoms with Gasteiger partial charge in [-0.05, 0) is 37.5 Å². The zero-order valence-corrected chi connectivity index (χ0v) is 12.0. The summed E-state index contributed by atoms with van der Waals surface area (Å²) in [6.07, 6.45) is 6.53. The molecule has 4 heteroatoms. The normalized spacial score (nSPS) is 33.2. The molecule has 0 aromatic rings. The summed E-state index contributed by atoms with van der Waals surface area (Å²) in [4.78, 5) is 6.79. The molecule has 1 N–H and O–H groups in total. The van der Waals surface area contributed by atoms with E-state index in [1.54, 1.807) is 0 Å². The fourth-order valence-electron chi connectivity index (χ4n) is 2.90. The Morgan fingerprint density at radius 1 is 1.44 bits per heavy atom. The monoisotopic (exact) mass is 253 g/mol. The van der Waals surface area contributed by atoms with Crippen molar-refractivity contribution in [2.75, 3.05) is 33.8 Å². The van der Waals surface area contributed by atoms with Crippen LogP contribution in [0.4, 0.5) is 0 Å². The first-order valence-electron chi connectivity index (χ1n) is 7.15. The topological polar surface area (TPSA) is 36.9 Å². The van der Waals surface area contributed by atoms with E-state index in [1.165, 1.54) is 32.1 Å². The maximum atomic E-state index is 5.44. The number of hydrogen-bond acceptors (Lipinski definition) is 4. The summed E-state index contributed by atoms with van der Waals surface area (Å²) in [7, 11) is 3.95. The van der Waals surface area contributed by atoms with Crippen LogP contribution in [0, 0.1) is 5.41 Å². The summed E-state index contributed by atoms with van der Waals surface area (Å²) in [5, 5.41) is 3.55. The number of nitrogens with zero attached hydrogens (tertiary/aromatic N) is 2. The van der Waals surface area contributed by atoms with Gasteiger partial charge in [0.2, 0.25) is 0 Å². The van der Waals surface area contributed by atoms with Gasteiger partial charge in [-0.15, -0.1) is 0 Å². The van der Waals surface area contributed by atoms with Crippen molar-refractivity contribution in [1.29, 1.82) is 0 Å². The Morgan fingerprint density at radius 2 is 2.17 bits per heavy atom. The molecule has 104 valence electrons. The van der Waals surface area contributed by atoms with E-state index < -0.39 is 0 Å². The number of rotatable bonds is 3. The van der Waals surface area contributed by atoms with Crippen LogP contribution in [-0.4, -0.2) is 50.8 Å². The third-order valence-electron chi connectivity index (χ3n) is 4.42. The zero-order chi connectivity index (χ0) is 13.0. The molecular formula is C14H27N3O. The van der Waals surface area contributed by atoms with Crippen LogP contribution in [0.1, 0.15) is 39.0 Å². The molecule has 0 unspecified atom stereocenters. The van der Waals surface area contributed by atoms with Crippen molar-refractivity contribution < 1.29 is 4.74 Å². The largest absolute Gasteiger partial charge is 0.381 e. The summed E-state index contributed by atoms with van der Waals surface area (Å²) in [6.45, 7) is 5.51. The maximum absolute atomic E-state index is 5.44. The lowest BCUT2D eigenvalue weighted by atomic mass is 9.74. The lowest BCUT2D eigenvalue weighted by molar-refractivity contribution is 0.0336. The van der Waals surface area contributed by atoms with Gasteiger partial charge in [0.05, 0.1) is 6.10 Å². The van der Waals surface area contributed by atoms with E-state index in [2.05, 4.69) is 29.2 Å². The second-order valence-electron chi connectivity index (χ2n) is 6.08. The van der Waals surface area contributed by atoms with Gasteiger partial charge in [-0.1, -0.05) is 6.92 Å². The molecule has 1 heterocycles. The van der Waals surface area contributed by atoms with Gasteiger partial charge in [-0.2, -0.15) is 0 Å². The molecule has 1 aliphatic carbocycles. The van der Waals surface area contributed by atoms with Crippen molar-refractivity contribution >= 4 is 5.96 Å². The molecule has 0 aromatic carbocycles. The lowest BCUT2D eigenvalue weighted by Gasteiger charge is -2.38. The highest BCUT2D eigenvalue weighted by Gasteiger charge is 2.31. The average Bonchev–Trinajstić information content (AvgIpc) is 2.39. The van der Waals surface area contributed by atoms with Crippen LogP contribution in [0.5, 0.6) is 0 Å². The molecule has 1 fully saturated rings. The molecule has 4 nitrogen and oxygen atoms in total. The molecule has 1 saturated carbocycles. The first kappa shape index (κ1) is 13.7. The van der Waals surface area contributed by atoms with Crippen LogP contribution in [-0.2, 0) is 4.74 Å². The third kappa shape index (κ3) is 3.37. The number of aliphatic imine (C=N–C) groups is 1. The van der Waals surface area contributed by atoms with Crippen molar-refractivity contribution in [2.45, 2.75) is 45.1 Å². The third-order valence-corrected chi connectivity index (χ3v) is 4.42. The van der Waals surface area contributed by atoms with Crippen LogP contribution < -0.4 is 5.32 Å². The van der Waals surface area contributed by atoms with Crippen LogP contribution in [0.2, 0.25) is 0 Å². The standard InChI is InChI=1S/C14H27N3O/c1-14(7-5-12(18-3)6-8-14)11-16-13-15-9-4-10-17(13)2/h12H,4-11H2,1-3H3,(H,15,16). The Balaban J connectivity index is 1.81. The molecule has 2 aliphatic rings. The Hall–Kier alpha value is -0.770. The van der Waals surface area contributed by atoms with E-state index in [1.807, 2.05) is 7.11 Å². The smallest absolute Gasteiger partial charge is 0.193 e. The zero-order valence-electron chi connectivity index (χ0n) is 12.0. The van der Waals surface area contributed by atoms with Crippen LogP contribution in [0.15, 0.2) is 4.99 Å². The Morgan fingerprint density at radius 3 is 2.78 bits per heavy atom. The van der Waals surface area contributed by atoms with Crippen LogP contribution in [0.3, 0.4) is 0 Å². The molecular weight excluding hydrogens is 226 g/mol. The van der Waals surface area contributed by atoms with E-state index in [0.717, 1.165) is 25.6 Å². The highest BCUT2D eigenvalue weighted by molar-refractivity contribution is 5.80. The Bertz CT molecular complexity index is 295. The minimum Gasteiger partial charge on any atom is -0.381 e. The summed E-state index contributed by atoms with van der Waals surface area (Å²) < 4.78 is 5.44. The molecule has 18 heavy (non-hydrogen) atoms. The van der Waals surface area contributed by atoms with Gasteiger partial charge in [0.15, 0.2) is 5.96 Å². The van der Waals surface area contributed by atoms with Crippen molar-refractivity contribution in [3.63, 3.8) is 0 Å². The molecule has 0 saturated heterocycles. The minimum atomic E-state index is 0.399. The van der Waals surface area contributed by atoms with Gasteiger partial charge in [0, 0.05) is 33.8 Å². The molecule has 0 atom stereocenters. The van der Waals surface area contributed by atoms with E-state index in [0.29, 0.717) is 11.5 Å². The minimum absolute atomic E-state index is 0.399. The highest BCUT2D eigenvalue weighted by atomic mass is 16.5. The summed E-state index contributed by atoms with van der Waals surface area (Å²) >= 11 is 0. The van der Waals surface area contributed by atoms with E-state index >= 15 is 0 Å². The lowest BCUT2D eigenvalue weighted by Crippen LogP contribution is -2.47. The number of nitrogens with one attached hydrogen (secondary N) is 1. The predicted octanol–water partition coefficient (Wildman–Crippen LogP) is 1.86. The molecule has 0 spiro atoms. The number of ether oxygens (including phenoxy) is 1. The predicted molar refractivity (Wildman–Crippen MR) is 74.9 cm³/mol. The first-order chi connectivity index (χ1) is 8.63. The Labute approximate surface area is 111 Å². The molecule has 0 aromatic heterocycles. The number of hydrogen-bond donors (Lipinski definition) is 1. The molecule has 0 amide bonds. The second-order valence-corrected chi connectivity index (χ2v) is 6.08. The van der Waals surface area contributed by atoms with Crippen molar-refractivity contribution in [3.8, 4) is 0 Å². The van der Waals surface area contributed by atoms with E-state index in [9.17, 15) is 0 Å². The van der Waals surface area contributed by atoms with Gasteiger partial charge in [-0.25, -0.2) is 0 Å². The fourth-order valence-corrected chi connectivity index (χ4v) is 2.90. The number of methoxy groups -OCH3 is 1. The van der Waals surface area contributed by atoms with E-state index in [-0.39, 0.29) is 0 Å². The SMILES string of the molecule is COC1CCC(C)(CNC2=NCCCN2C)CC1. The van der Waals surface area contributed by atoms with Gasteiger partial charge < -0.3 is 15.0 Å². The van der Waals surface area contributed by atoms with Gasteiger partial charge >= 0.3 is 0 Å². The summed E-state index contributed by atoms with van der Waals surface area (Å²) in [5.41, 5.74) is 0.399. The Kier molecular flexibility index (Phi) is 4.49. The molecule has 1 aliphatic heterocycles. The van der Waals surface area contributed by atoms with Crippen molar-refractivity contribution in [1.82, 2.24) is 10.2 Å². The quantitative estimate of drug-likeness (QED) is 0.834. The second kappa shape index (κ2) is 5.91. The van der Waals surface area contributed by atoms with Crippen LogP contribution >= 0.6 is 0 Å². The highest BCUT2D eigenvalue weighted by Crippen LogP contribution is 2.36. The molecule has 2 rings (SSSR count). The fraction of sp³-hybridized carbons (Fsp3) is 0.929. The summed E-state index contributed by atoms with van der Waals surface area (Å²) in [5.74, 6) is 1.08. The van der Waals surface area contributed by atoms with Gasteiger partial charge in [-0.3, -0.25) is 4.99 Å². The molecule has 0 radical (unpaired) electrons. The van der Waals surface area contributed by atoms with Crippen LogP contribution in [0.25, 0.3) is 0 Å².